The standard InChI is InChI=1S/C15H23ClN2O3/c1-4-18(15(19)17-12(2)11-20-3)9-10-21-14-8-6-5-7-13(14)16/h5-8,12H,4,9-11H2,1-3H3,(H,17,19). The number of urea groups is 1. The van der Waals surface area contributed by atoms with Gasteiger partial charge in [0.05, 0.1) is 24.2 Å². The summed E-state index contributed by atoms with van der Waals surface area (Å²) in [5.74, 6) is 0.628. The molecule has 0 heterocycles. The van der Waals surface area contributed by atoms with E-state index in [0.29, 0.717) is 37.1 Å². The molecule has 0 aliphatic carbocycles. The van der Waals surface area contributed by atoms with Crippen molar-refractivity contribution in [2.45, 2.75) is 19.9 Å². The molecule has 1 unspecified atom stereocenters. The highest BCUT2D eigenvalue weighted by Crippen LogP contribution is 2.22. The van der Waals surface area contributed by atoms with E-state index in [1.807, 2.05) is 26.0 Å². The highest BCUT2D eigenvalue weighted by molar-refractivity contribution is 6.32. The zero-order chi connectivity index (χ0) is 15.7. The van der Waals surface area contributed by atoms with Crippen LogP contribution in [0.1, 0.15) is 13.8 Å². The van der Waals surface area contributed by atoms with Gasteiger partial charge in [0.2, 0.25) is 0 Å². The molecule has 0 aliphatic heterocycles. The van der Waals surface area contributed by atoms with Crippen LogP contribution in [0.3, 0.4) is 0 Å². The van der Waals surface area contributed by atoms with Crippen LogP contribution in [-0.4, -0.2) is 50.4 Å². The van der Waals surface area contributed by atoms with Gasteiger partial charge in [0.25, 0.3) is 0 Å². The molecule has 0 aliphatic rings. The molecule has 0 saturated heterocycles. The van der Waals surface area contributed by atoms with E-state index in [9.17, 15) is 4.79 Å². The van der Waals surface area contributed by atoms with Crippen molar-refractivity contribution in [2.24, 2.45) is 0 Å². The Labute approximate surface area is 131 Å². The second-order valence-corrected chi connectivity index (χ2v) is 5.07. The summed E-state index contributed by atoms with van der Waals surface area (Å²) in [5, 5.41) is 3.44. The van der Waals surface area contributed by atoms with Gasteiger partial charge in [-0.25, -0.2) is 4.79 Å². The van der Waals surface area contributed by atoms with Gasteiger partial charge in [0.1, 0.15) is 12.4 Å². The summed E-state index contributed by atoms with van der Waals surface area (Å²) in [6, 6.07) is 7.13. The molecule has 0 aromatic heterocycles. The number of methoxy groups -OCH3 is 1. The number of ether oxygens (including phenoxy) is 2. The highest BCUT2D eigenvalue weighted by atomic mass is 35.5. The molecule has 0 bridgehead atoms. The second kappa shape index (κ2) is 9.47. The molecule has 0 radical (unpaired) electrons. The number of hydrogen-bond acceptors (Lipinski definition) is 3. The van der Waals surface area contributed by atoms with Crippen LogP contribution in [0.2, 0.25) is 5.02 Å². The minimum atomic E-state index is -0.121. The Balaban J connectivity index is 2.40. The van der Waals surface area contributed by atoms with Crippen molar-refractivity contribution >= 4 is 17.6 Å². The number of para-hydroxylation sites is 1. The molecule has 0 fully saturated rings. The molecule has 1 aromatic carbocycles. The maximum absolute atomic E-state index is 12.0. The van der Waals surface area contributed by atoms with Crippen molar-refractivity contribution in [3.05, 3.63) is 29.3 Å². The maximum atomic E-state index is 12.0. The highest BCUT2D eigenvalue weighted by Gasteiger charge is 2.14. The van der Waals surface area contributed by atoms with Gasteiger partial charge >= 0.3 is 6.03 Å². The Hall–Kier alpha value is -1.46. The number of amides is 2. The summed E-state index contributed by atoms with van der Waals surface area (Å²) >= 11 is 6.01. The Morgan fingerprint density at radius 1 is 1.43 bits per heavy atom. The lowest BCUT2D eigenvalue weighted by atomic mass is 10.3. The molecule has 1 N–H and O–H groups in total. The number of carbonyl (C=O) groups is 1. The number of likely N-dealkylation sites (N-methyl/N-ethyl adjacent to an activating group) is 1. The predicted molar refractivity (Wildman–Crippen MR) is 84.1 cm³/mol. The van der Waals surface area contributed by atoms with E-state index < -0.39 is 0 Å². The summed E-state index contributed by atoms with van der Waals surface area (Å²) < 4.78 is 10.6. The average Bonchev–Trinajstić information content (AvgIpc) is 2.45. The van der Waals surface area contributed by atoms with Gasteiger partial charge in [-0.05, 0) is 26.0 Å². The van der Waals surface area contributed by atoms with Gasteiger partial charge in [-0.15, -0.1) is 0 Å². The molecule has 6 heteroatoms. The quantitative estimate of drug-likeness (QED) is 0.802. The first-order valence-corrected chi connectivity index (χ1v) is 7.38. The average molecular weight is 315 g/mol. The first-order chi connectivity index (χ1) is 10.1. The fourth-order valence-corrected chi connectivity index (χ4v) is 2.01. The number of hydrogen-bond donors (Lipinski definition) is 1. The van der Waals surface area contributed by atoms with E-state index in [2.05, 4.69) is 5.32 Å². The summed E-state index contributed by atoms with van der Waals surface area (Å²) in [5.41, 5.74) is 0. The van der Waals surface area contributed by atoms with Crippen LogP contribution < -0.4 is 10.1 Å². The third-order valence-corrected chi connectivity index (χ3v) is 3.22. The number of nitrogens with one attached hydrogen (secondary N) is 1. The molecule has 1 atom stereocenters. The zero-order valence-corrected chi connectivity index (χ0v) is 13.5. The number of carbonyl (C=O) groups excluding carboxylic acids is 1. The Kier molecular flexibility index (Phi) is 7.93. The van der Waals surface area contributed by atoms with Crippen molar-refractivity contribution < 1.29 is 14.3 Å². The number of benzene rings is 1. The van der Waals surface area contributed by atoms with Crippen LogP contribution in [0.15, 0.2) is 24.3 Å². The van der Waals surface area contributed by atoms with Crippen LogP contribution in [0, 0.1) is 0 Å². The molecule has 2 amide bonds. The van der Waals surface area contributed by atoms with E-state index in [1.165, 1.54) is 0 Å². The number of halogens is 1. The number of nitrogens with zero attached hydrogens (tertiary/aromatic N) is 1. The molecule has 5 nitrogen and oxygen atoms in total. The third kappa shape index (κ3) is 6.23. The number of rotatable bonds is 8. The maximum Gasteiger partial charge on any atom is 0.317 e. The minimum Gasteiger partial charge on any atom is -0.490 e. The predicted octanol–water partition coefficient (Wildman–Crippen LogP) is 2.79. The lowest BCUT2D eigenvalue weighted by Crippen LogP contribution is -2.46. The Bertz CT molecular complexity index is 443. The van der Waals surface area contributed by atoms with Crippen LogP contribution >= 0.6 is 11.6 Å². The first-order valence-electron chi connectivity index (χ1n) is 7.00. The molecule has 0 spiro atoms. The van der Waals surface area contributed by atoms with Crippen LogP contribution in [0.5, 0.6) is 5.75 Å². The van der Waals surface area contributed by atoms with E-state index in [-0.39, 0.29) is 12.1 Å². The summed E-state index contributed by atoms with van der Waals surface area (Å²) in [7, 11) is 1.61. The van der Waals surface area contributed by atoms with Crippen molar-refractivity contribution in [1.82, 2.24) is 10.2 Å². The molecular formula is C15H23ClN2O3. The normalized spacial score (nSPS) is 11.8. The van der Waals surface area contributed by atoms with Gasteiger partial charge in [0.15, 0.2) is 0 Å². The van der Waals surface area contributed by atoms with E-state index in [4.69, 9.17) is 21.1 Å². The van der Waals surface area contributed by atoms with E-state index >= 15 is 0 Å². The van der Waals surface area contributed by atoms with Gasteiger partial charge in [-0.3, -0.25) is 0 Å². The van der Waals surface area contributed by atoms with Crippen LogP contribution in [0.25, 0.3) is 0 Å². The van der Waals surface area contributed by atoms with Gasteiger partial charge in [-0.1, -0.05) is 23.7 Å². The smallest absolute Gasteiger partial charge is 0.317 e. The van der Waals surface area contributed by atoms with Crippen molar-refractivity contribution in [3.8, 4) is 5.75 Å². The van der Waals surface area contributed by atoms with Crippen LogP contribution in [0.4, 0.5) is 4.79 Å². The molecule has 118 valence electrons. The molecule has 0 saturated carbocycles. The first kappa shape index (κ1) is 17.6. The van der Waals surface area contributed by atoms with Gasteiger partial charge in [-0.2, -0.15) is 0 Å². The van der Waals surface area contributed by atoms with Crippen molar-refractivity contribution in [3.63, 3.8) is 0 Å². The fraction of sp³-hybridized carbons (Fsp3) is 0.533. The van der Waals surface area contributed by atoms with Crippen molar-refractivity contribution in [1.29, 1.82) is 0 Å². The Morgan fingerprint density at radius 3 is 2.76 bits per heavy atom. The van der Waals surface area contributed by atoms with Crippen molar-refractivity contribution in [2.75, 3.05) is 33.4 Å². The lowest BCUT2D eigenvalue weighted by Gasteiger charge is -2.23. The SMILES string of the molecule is CCN(CCOc1ccccc1Cl)C(=O)NC(C)COC. The lowest BCUT2D eigenvalue weighted by molar-refractivity contribution is 0.155. The largest absolute Gasteiger partial charge is 0.490 e. The fourth-order valence-electron chi connectivity index (χ4n) is 1.82. The molecule has 21 heavy (non-hydrogen) atoms. The summed E-state index contributed by atoms with van der Waals surface area (Å²) in [6.45, 7) is 5.80. The topological polar surface area (TPSA) is 50.8 Å². The van der Waals surface area contributed by atoms with Gasteiger partial charge in [0, 0.05) is 13.7 Å². The molecular weight excluding hydrogens is 292 g/mol. The second-order valence-electron chi connectivity index (χ2n) is 4.66. The monoisotopic (exact) mass is 314 g/mol. The Morgan fingerprint density at radius 2 is 2.14 bits per heavy atom. The summed E-state index contributed by atoms with van der Waals surface area (Å²) in [4.78, 5) is 13.7. The van der Waals surface area contributed by atoms with E-state index in [1.54, 1.807) is 24.1 Å². The molecule has 1 aromatic rings. The molecule has 1 rings (SSSR count). The van der Waals surface area contributed by atoms with Gasteiger partial charge < -0.3 is 19.7 Å². The summed E-state index contributed by atoms with van der Waals surface area (Å²) in [6.07, 6.45) is 0. The minimum absolute atomic E-state index is 0.0268. The third-order valence-electron chi connectivity index (χ3n) is 2.91. The van der Waals surface area contributed by atoms with E-state index in [0.717, 1.165) is 0 Å². The van der Waals surface area contributed by atoms with Crippen LogP contribution in [-0.2, 0) is 4.74 Å². The zero-order valence-electron chi connectivity index (χ0n) is 12.8.